The van der Waals surface area contributed by atoms with E-state index >= 15 is 0 Å². The molecule has 1 aliphatic carbocycles. The Morgan fingerprint density at radius 1 is 1.15 bits per heavy atom. The van der Waals surface area contributed by atoms with Gasteiger partial charge in [-0.25, -0.2) is 9.97 Å². The molecule has 0 radical (unpaired) electrons. The van der Waals surface area contributed by atoms with E-state index < -0.39 is 0 Å². The number of ether oxygens (including phenoxy) is 1. The zero-order chi connectivity index (χ0) is 27.2. The topological polar surface area (TPSA) is 162 Å². The number of amides is 1. The van der Waals surface area contributed by atoms with Crippen LogP contribution in [-0.2, 0) is 11.3 Å². The SMILES string of the molecule is [NH3+][C@@H]1CCCC[C@@H]1Nc1nc2c(c(Nc3cnc(-c4csc5c(=O)cc(N6CCOCC6)oc45)s3)n1)C(=O)NC2. The van der Waals surface area contributed by atoms with Crippen molar-refractivity contribution in [2.24, 2.45) is 0 Å². The third-order valence-electron chi connectivity index (χ3n) is 7.58. The fraction of sp³-hybridized carbons (Fsp3) is 0.423. The number of quaternary nitrogens is 1. The second-order valence-electron chi connectivity index (χ2n) is 10.2. The third kappa shape index (κ3) is 4.70. The Labute approximate surface area is 237 Å². The van der Waals surface area contributed by atoms with E-state index in [0.717, 1.165) is 24.8 Å². The van der Waals surface area contributed by atoms with E-state index in [2.05, 4.69) is 31.7 Å². The molecule has 2 atom stereocenters. The summed E-state index contributed by atoms with van der Waals surface area (Å²) in [6.07, 6.45) is 6.13. The van der Waals surface area contributed by atoms with Crippen LogP contribution in [0, 0.1) is 0 Å². The first-order valence-corrected chi connectivity index (χ1v) is 15.1. The molecule has 4 aromatic rings. The Morgan fingerprint density at radius 3 is 2.85 bits per heavy atom. The van der Waals surface area contributed by atoms with Gasteiger partial charge >= 0.3 is 0 Å². The maximum atomic E-state index is 12.9. The van der Waals surface area contributed by atoms with Crippen molar-refractivity contribution in [1.29, 1.82) is 0 Å². The fourth-order valence-corrected chi connectivity index (χ4v) is 7.23. The Morgan fingerprint density at radius 2 is 2.00 bits per heavy atom. The summed E-state index contributed by atoms with van der Waals surface area (Å²) >= 11 is 2.75. The number of carbonyl (C=O) groups excluding carboxylic acids is 1. The summed E-state index contributed by atoms with van der Waals surface area (Å²) in [6.45, 7) is 2.89. The summed E-state index contributed by atoms with van der Waals surface area (Å²) in [5.74, 6) is 1.26. The lowest BCUT2D eigenvalue weighted by atomic mass is 9.91. The maximum Gasteiger partial charge on any atom is 0.257 e. The second-order valence-corrected chi connectivity index (χ2v) is 12.1. The number of hydrogen-bond acceptors (Lipinski definition) is 12. The Hall–Kier alpha value is -3.59. The van der Waals surface area contributed by atoms with Gasteiger partial charge in [-0.15, -0.1) is 11.3 Å². The average Bonchev–Trinajstić information content (AvgIpc) is 3.69. The fourth-order valence-electron chi connectivity index (χ4n) is 5.44. The molecule has 12 nitrogen and oxygen atoms in total. The first kappa shape index (κ1) is 25.4. The van der Waals surface area contributed by atoms with E-state index in [4.69, 9.17) is 14.1 Å². The van der Waals surface area contributed by atoms with Gasteiger partial charge in [0, 0.05) is 31.0 Å². The van der Waals surface area contributed by atoms with E-state index in [9.17, 15) is 9.59 Å². The predicted octanol–water partition coefficient (Wildman–Crippen LogP) is 2.56. The first-order valence-electron chi connectivity index (χ1n) is 13.4. The monoisotopic (exact) mass is 581 g/mol. The van der Waals surface area contributed by atoms with Crippen molar-refractivity contribution in [2.75, 3.05) is 41.8 Å². The molecule has 0 spiro atoms. The van der Waals surface area contributed by atoms with E-state index in [1.165, 1.54) is 29.1 Å². The molecule has 4 aromatic heterocycles. The zero-order valence-electron chi connectivity index (χ0n) is 21.7. The molecule has 6 N–H and O–H groups in total. The van der Waals surface area contributed by atoms with Gasteiger partial charge < -0.3 is 35.7 Å². The van der Waals surface area contributed by atoms with Crippen LogP contribution < -0.4 is 32.0 Å². The molecule has 7 rings (SSSR count). The van der Waals surface area contributed by atoms with Crippen molar-refractivity contribution in [1.82, 2.24) is 20.3 Å². The zero-order valence-corrected chi connectivity index (χ0v) is 23.3. The van der Waals surface area contributed by atoms with E-state index in [0.29, 0.717) is 82.0 Å². The largest absolute Gasteiger partial charge is 0.439 e. The highest BCUT2D eigenvalue weighted by Crippen LogP contribution is 2.39. The van der Waals surface area contributed by atoms with Gasteiger partial charge in [-0.2, -0.15) is 4.98 Å². The average molecular weight is 582 g/mol. The number of nitrogens with zero attached hydrogens (tertiary/aromatic N) is 4. The summed E-state index contributed by atoms with van der Waals surface area (Å²) in [5.41, 5.74) is 6.62. The van der Waals surface area contributed by atoms with Crippen LogP contribution in [0.15, 0.2) is 26.9 Å². The lowest BCUT2D eigenvalue weighted by Gasteiger charge is -2.27. The van der Waals surface area contributed by atoms with Crippen molar-refractivity contribution in [3.8, 4) is 10.6 Å². The number of carbonyl (C=O) groups is 1. The van der Waals surface area contributed by atoms with Crippen LogP contribution in [0.3, 0.4) is 0 Å². The lowest BCUT2D eigenvalue weighted by molar-refractivity contribution is -0.427. The van der Waals surface area contributed by atoms with Gasteiger partial charge in [0.25, 0.3) is 5.91 Å². The lowest BCUT2D eigenvalue weighted by Crippen LogP contribution is -2.68. The molecule has 3 aliphatic rings. The summed E-state index contributed by atoms with van der Waals surface area (Å²) in [6, 6.07) is 2.04. The number of hydrogen-bond donors (Lipinski definition) is 4. The maximum absolute atomic E-state index is 12.9. The highest BCUT2D eigenvalue weighted by atomic mass is 32.1. The number of aromatic nitrogens is 3. The molecule has 208 valence electrons. The van der Waals surface area contributed by atoms with Crippen LogP contribution in [0.5, 0.6) is 0 Å². The van der Waals surface area contributed by atoms with E-state index in [-0.39, 0.29) is 23.4 Å². The molecule has 2 aliphatic heterocycles. The van der Waals surface area contributed by atoms with Gasteiger partial charge in [0.2, 0.25) is 11.4 Å². The normalized spacial score (nSPS) is 20.9. The molecule has 40 heavy (non-hydrogen) atoms. The first-order chi connectivity index (χ1) is 19.5. The number of thiophene rings is 1. The summed E-state index contributed by atoms with van der Waals surface area (Å²) < 4.78 is 12.2. The van der Waals surface area contributed by atoms with Gasteiger partial charge in [-0.05, 0) is 12.8 Å². The summed E-state index contributed by atoms with van der Waals surface area (Å²) in [5, 5.41) is 12.9. The molecule has 0 aromatic carbocycles. The number of morpholine rings is 1. The molecule has 1 amide bonds. The Balaban J connectivity index is 1.19. The summed E-state index contributed by atoms with van der Waals surface area (Å²) in [4.78, 5) is 41.5. The minimum absolute atomic E-state index is 0.0704. The predicted molar refractivity (Wildman–Crippen MR) is 154 cm³/mol. The van der Waals surface area contributed by atoms with Crippen molar-refractivity contribution in [3.63, 3.8) is 0 Å². The van der Waals surface area contributed by atoms with Crippen molar-refractivity contribution in [3.05, 3.63) is 39.1 Å². The number of rotatable bonds is 6. The van der Waals surface area contributed by atoms with Crippen LogP contribution >= 0.6 is 22.7 Å². The van der Waals surface area contributed by atoms with Crippen LogP contribution in [0.1, 0.15) is 41.7 Å². The molecule has 1 saturated heterocycles. The molecule has 14 heteroatoms. The van der Waals surface area contributed by atoms with Gasteiger partial charge in [0.1, 0.15) is 32.1 Å². The minimum Gasteiger partial charge on any atom is -0.439 e. The third-order valence-corrected chi connectivity index (χ3v) is 9.50. The number of nitrogens with one attached hydrogen (secondary N) is 3. The van der Waals surface area contributed by atoms with Crippen LogP contribution in [0.25, 0.3) is 20.9 Å². The molecule has 2 fully saturated rings. The van der Waals surface area contributed by atoms with Crippen LogP contribution in [0.2, 0.25) is 0 Å². The van der Waals surface area contributed by atoms with Gasteiger partial charge in [-0.3, -0.25) is 9.59 Å². The number of anilines is 4. The molecular weight excluding hydrogens is 552 g/mol. The highest BCUT2D eigenvalue weighted by molar-refractivity contribution is 7.20. The molecule has 6 heterocycles. The number of thiazole rings is 1. The minimum atomic E-state index is -0.206. The van der Waals surface area contributed by atoms with E-state index in [1.54, 1.807) is 12.3 Å². The van der Waals surface area contributed by atoms with Crippen molar-refractivity contribution in [2.45, 2.75) is 44.3 Å². The molecular formula is C26H29N8O4S2+. The van der Waals surface area contributed by atoms with Crippen molar-refractivity contribution < 1.29 is 19.7 Å². The smallest absolute Gasteiger partial charge is 0.257 e. The standard InChI is InChI=1S/C26H28N8O4S2/c27-14-3-1-2-4-15(14)30-26-31-16-10-28-24(36)20(16)23(33-26)32-18-11-29-25(40-18)13-12-39-22-17(35)9-19(38-21(13)22)34-5-7-37-8-6-34/h9,11-12,14-15H,1-8,10,27H2,(H,28,36)(H2,30,31,32,33)/p+1/t14-,15+/m1/s1. The van der Waals surface area contributed by atoms with Crippen LogP contribution in [-0.4, -0.2) is 59.2 Å². The molecule has 0 bridgehead atoms. The van der Waals surface area contributed by atoms with E-state index in [1.807, 2.05) is 10.3 Å². The second kappa shape index (κ2) is 10.4. The van der Waals surface area contributed by atoms with Gasteiger partial charge in [0.15, 0.2) is 11.5 Å². The molecule has 1 saturated carbocycles. The van der Waals surface area contributed by atoms with Crippen LogP contribution in [0.4, 0.5) is 22.7 Å². The number of fused-ring (bicyclic) bond motifs is 2. The van der Waals surface area contributed by atoms with Gasteiger partial charge in [-0.1, -0.05) is 17.8 Å². The van der Waals surface area contributed by atoms with Crippen molar-refractivity contribution >= 4 is 61.5 Å². The summed E-state index contributed by atoms with van der Waals surface area (Å²) in [7, 11) is 0. The highest BCUT2D eigenvalue weighted by Gasteiger charge is 2.30. The van der Waals surface area contributed by atoms with Gasteiger partial charge in [0.05, 0.1) is 43.3 Å². The quantitative estimate of drug-likeness (QED) is 0.266. The Kier molecular flexibility index (Phi) is 6.62. The Bertz CT molecular complexity index is 1640. The molecule has 0 unspecified atom stereocenters.